The van der Waals surface area contributed by atoms with E-state index in [1.54, 1.807) is 230 Å². The standard InChI is InChI=1S/C82H140I2N8O24/c1-73(2,3)107-63(95)47-87(48-64(96)108-74(4,5)6)33-37-91(38-34-88(49-65(97)109-75(7,8)9)50-66(98)110-76(10,11)12)57(71(103)115-81(25,26)27)45-61(93)85-31-41-105-59-43-56(84)60(44-55(59)83)106-42-32-86-62(94)46-58(72(104)116-82(28,29)30)92(39-35-89(51-67(99)111-77(13,14)15)52-68(100)112-78(16,17)18)40-36-90(53-69(101)113-79(19,20)21)54-70(102)114-80(22,23)24/h43-44,57-58H,31-42,45-54H2,1-30H3,(H,85,93)(H,86,94). The maximum atomic E-state index is 14.6. The number of carbonyl (C=O) groups excluding carboxylic acids is 12. The van der Waals surface area contributed by atoms with Crippen LogP contribution in [-0.4, -0.2) is 300 Å². The lowest BCUT2D eigenvalue weighted by Crippen LogP contribution is -2.53. The van der Waals surface area contributed by atoms with E-state index in [4.69, 9.17) is 56.8 Å². The van der Waals surface area contributed by atoms with Crippen LogP contribution in [0.3, 0.4) is 0 Å². The Bertz CT molecular complexity index is 2920. The second-order valence-corrected chi connectivity index (χ2v) is 40.5. The Kier molecular flexibility index (Phi) is 43.7. The number of hydrogen-bond donors (Lipinski definition) is 2. The average molecular weight is 1880 g/mol. The lowest BCUT2D eigenvalue weighted by atomic mass is 10.1. The number of rotatable bonds is 44. The van der Waals surface area contributed by atoms with E-state index in [0.717, 1.165) is 0 Å². The Hall–Kier alpha value is -6.32. The van der Waals surface area contributed by atoms with E-state index in [-0.39, 0.29) is 131 Å². The zero-order chi connectivity index (χ0) is 89.7. The highest BCUT2D eigenvalue weighted by molar-refractivity contribution is 14.1. The van der Waals surface area contributed by atoms with Crippen LogP contribution in [0.15, 0.2) is 12.1 Å². The molecule has 0 aliphatic rings. The Morgan fingerprint density at radius 3 is 0.621 bits per heavy atom. The fourth-order valence-corrected chi connectivity index (χ4v) is 11.8. The third-order valence-corrected chi connectivity index (χ3v) is 16.0. The number of esters is 10. The Morgan fingerprint density at radius 2 is 0.457 bits per heavy atom. The monoisotopic (exact) mass is 1870 g/mol. The summed E-state index contributed by atoms with van der Waals surface area (Å²) >= 11 is 4.14. The Balaban J connectivity index is 3.76. The van der Waals surface area contributed by atoms with Gasteiger partial charge in [-0.2, -0.15) is 0 Å². The maximum absolute atomic E-state index is 14.6. The molecule has 116 heavy (non-hydrogen) atoms. The fraction of sp³-hybridized carbons (Fsp3) is 0.780. The van der Waals surface area contributed by atoms with E-state index in [1.807, 2.05) is 0 Å². The molecule has 32 nitrogen and oxygen atoms in total. The van der Waals surface area contributed by atoms with Crippen LogP contribution in [0.2, 0.25) is 0 Å². The van der Waals surface area contributed by atoms with Crippen LogP contribution in [0.5, 0.6) is 11.5 Å². The minimum Gasteiger partial charge on any atom is -0.491 e. The Morgan fingerprint density at radius 1 is 0.284 bits per heavy atom. The summed E-state index contributed by atoms with van der Waals surface area (Å²) in [4.78, 5) is 174. The first-order valence-corrected chi connectivity index (χ1v) is 41.4. The second-order valence-electron chi connectivity index (χ2n) is 38.2. The molecule has 0 fully saturated rings. The van der Waals surface area contributed by atoms with Gasteiger partial charge < -0.3 is 67.5 Å². The van der Waals surface area contributed by atoms with E-state index in [1.165, 1.54) is 19.6 Å². The number of hydrogen-bond acceptors (Lipinski definition) is 30. The minimum absolute atomic E-state index is 0.0442. The molecule has 1 rings (SSSR count). The quantitative estimate of drug-likeness (QED) is 0.0267. The molecule has 2 N–H and O–H groups in total. The first kappa shape index (κ1) is 108. The first-order chi connectivity index (χ1) is 52.4. The largest absolute Gasteiger partial charge is 0.491 e. The van der Waals surface area contributed by atoms with E-state index in [9.17, 15) is 57.5 Å². The van der Waals surface area contributed by atoms with E-state index >= 15 is 0 Å². The van der Waals surface area contributed by atoms with Gasteiger partial charge in [-0.25, -0.2) is 0 Å². The van der Waals surface area contributed by atoms with Gasteiger partial charge in [0.25, 0.3) is 0 Å². The van der Waals surface area contributed by atoms with Gasteiger partial charge in [0, 0.05) is 52.4 Å². The van der Waals surface area contributed by atoms with Crippen LogP contribution in [0, 0.1) is 7.14 Å². The summed E-state index contributed by atoms with van der Waals surface area (Å²) in [6.07, 6.45) is -0.940. The van der Waals surface area contributed by atoms with Crippen LogP contribution in [0.1, 0.15) is 221 Å². The lowest BCUT2D eigenvalue weighted by molar-refractivity contribution is -0.165. The second kappa shape index (κ2) is 47.0. The molecule has 0 radical (unpaired) electrons. The molecule has 666 valence electrons. The van der Waals surface area contributed by atoms with Crippen molar-refractivity contribution in [3.8, 4) is 11.5 Å². The highest BCUT2D eigenvalue weighted by atomic mass is 127. The highest BCUT2D eigenvalue weighted by Crippen LogP contribution is 2.32. The molecule has 0 saturated carbocycles. The van der Waals surface area contributed by atoms with E-state index < -0.39 is 152 Å². The molecular weight excluding hydrogens is 1730 g/mol. The summed E-state index contributed by atoms with van der Waals surface area (Å²) in [5.74, 6) is -7.02. The number of amides is 2. The van der Waals surface area contributed by atoms with Gasteiger partial charge in [0.1, 0.15) is 92.8 Å². The zero-order valence-corrected chi connectivity index (χ0v) is 79.4. The number of halogens is 2. The predicted molar refractivity (Wildman–Crippen MR) is 453 cm³/mol. The molecule has 0 aromatic heterocycles. The van der Waals surface area contributed by atoms with Gasteiger partial charge in [-0.3, -0.25) is 86.9 Å². The van der Waals surface area contributed by atoms with Crippen LogP contribution in [-0.2, 0) is 105 Å². The average Bonchev–Trinajstić information content (AvgIpc) is 0.849. The van der Waals surface area contributed by atoms with Crippen LogP contribution in [0.25, 0.3) is 0 Å². The highest BCUT2D eigenvalue weighted by Gasteiger charge is 2.38. The van der Waals surface area contributed by atoms with Crippen LogP contribution >= 0.6 is 45.2 Å². The van der Waals surface area contributed by atoms with Crippen LogP contribution in [0.4, 0.5) is 0 Å². The normalized spacial score (nSPS) is 13.4. The van der Waals surface area contributed by atoms with Crippen molar-refractivity contribution in [2.75, 3.05) is 131 Å². The van der Waals surface area contributed by atoms with E-state index in [2.05, 4.69) is 55.8 Å². The summed E-state index contributed by atoms with van der Waals surface area (Å²) in [7, 11) is 0. The number of benzene rings is 1. The fourth-order valence-electron chi connectivity index (χ4n) is 10.6. The smallest absolute Gasteiger partial charge is 0.324 e. The number of ether oxygens (including phenoxy) is 12. The molecule has 1 aromatic rings. The summed E-state index contributed by atoms with van der Waals surface area (Å²) in [5, 5.41) is 5.70. The van der Waals surface area contributed by atoms with Gasteiger partial charge in [0.2, 0.25) is 11.8 Å². The molecule has 2 atom stereocenters. The zero-order valence-electron chi connectivity index (χ0n) is 75.1. The molecule has 1 aromatic carbocycles. The Labute approximate surface area is 717 Å². The molecule has 0 aliphatic carbocycles. The molecule has 0 spiro atoms. The van der Waals surface area contributed by atoms with Gasteiger partial charge in [0.15, 0.2) is 0 Å². The number of nitrogens with one attached hydrogen (secondary N) is 2. The molecule has 0 aliphatic heterocycles. The topological polar surface area (TPSA) is 359 Å². The summed E-state index contributed by atoms with van der Waals surface area (Å²) in [6.45, 7) is 47.3. The van der Waals surface area contributed by atoms with Crippen molar-refractivity contribution >= 4 is 117 Å². The first-order valence-electron chi connectivity index (χ1n) is 39.3. The number of carbonyl (C=O) groups is 12. The van der Waals surface area contributed by atoms with Crippen molar-refractivity contribution < 1.29 is 114 Å². The third kappa shape index (κ3) is 54.7. The minimum atomic E-state index is -1.33. The molecular formula is C82H140I2N8O24. The summed E-state index contributed by atoms with van der Waals surface area (Å²) in [5.41, 5.74) is -9.10. The van der Waals surface area contributed by atoms with Crippen molar-refractivity contribution in [2.45, 2.75) is 289 Å². The molecule has 0 heterocycles. The van der Waals surface area contributed by atoms with Gasteiger partial charge in [0.05, 0.1) is 85.4 Å². The van der Waals surface area contributed by atoms with Crippen molar-refractivity contribution in [1.82, 2.24) is 40.0 Å². The van der Waals surface area contributed by atoms with Gasteiger partial charge in [-0.05, 0) is 265 Å². The van der Waals surface area contributed by atoms with Crippen molar-refractivity contribution in [3.63, 3.8) is 0 Å². The molecule has 34 heteroatoms. The SMILES string of the molecule is CC(C)(C)OC(=O)CN(CCN(CCN(CC(=O)OC(C)(C)C)CC(=O)OC(C)(C)C)C(CC(=O)NCCOc1cc(I)c(OCCNC(=O)CC(C(=O)OC(C)(C)C)N(CCN(CC(=O)OC(C)(C)C)CC(=O)OC(C)(C)C)CCN(CC(=O)OC(C)(C)C)CC(=O)OC(C)(C)C)cc1I)C(=O)OC(C)(C)C)CC(=O)OC(C)(C)C. The van der Waals surface area contributed by atoms with Crippen LogP contribution < -0.4 is 20.1 Å². The predicted octanol–water partition coefficient (Wildman–Crippen LogP) is 8.63. The summed E-state index contributed by atoms with van der Waals surface area (Å²) < 4.78 is 70.7. The van der Waals surface area contributed by atoms with Gasteiger partial charge >= 0.3 is 59.7 Å². The van der Waals surface area contributed by atoms with Crippen molar-refractivity contribution in [3.05, 3.63) is 19.3 Å². The third-order valence-electron chi connectivity index (χ3n) is 14.3. The molecule has 2 unspecified atom stereocenters. The lowest BCUT2D eigenvalue weighted by Gasteiger charge is -2.35. The summed E-state index contributed by atoms with van der Waals surface area (Å²) in [6, 6.07) is 0.793. The van der Waals surface area contributed by atoms with Gasteiger partial charge in [-0.15, -0.1) is 0 Å². The molecule has 2 amide bonds. The van der Waals surface area contributed by atoms with Crippen molar-refractivity contribution in [2.24, 2.45) is 0 Å². The molecule has 0 bridgehead atoms. The maximum Gasteiger partial charge on any atom is 0.324 e. The van der Waals surface area contributed by atoms with Crippen molar-refractivity contribution in [1.29, 1.82) is 0 Å². The van der Waals surface area contributed by atoms with Gasteiger partial charge in [-0.1, -0.05) is 0 Å². The van der Waals surface area contributed by atoms with E-state index in [0.29, 0.717) is 18.6 Å². The number of nitrogens with zero attached hydrogens (tertiary/aromatic N) is 6. The molecule has 0 saturated heterocycles.